The molecule has 0 radical (unpaired) electrons. The molecule has 1 fully saturated rings. The molecule has 2 unspecified atom stereocenters. The lowest BCUT2D eigenvalue weighted by atomic mass is 9.80. The van der Waals surface area contributed by atoms with E-state index in [1.54, 1.807) is 13.0 Å². The maximum Gasteiger partial charge on any atom is 0.409 e. The number of carbonyl (C=O) groups is 3. The number of nitrogens with one attached hydrogen (secondary N) is 1. The first-order valence-corrected chi connectivity index (χ1v) is 7.35. The van der Waals surface area contributed by atoms with E-state index >= 15 is 0 Å². The van der Waals surface area contributed by atoms with Gasteiger partial charge in [-0.05, 0) is 38.0 Å². The third-order valence-corrected chi connectivity index (χ3v) is 4.23. The van der Waals surface area contributed by atoms with E-state index in [0.29, 0.717) is 18.5 Å². The summed E-state index contributed by atoms with van der Waals surface area (Å²) >= 11 is 0. The molecule has 0 bridgehead atoms. The molecule has 2 atom stereocenters. The number of anilines is 1. The van der Waals surface area contributed by atoms with Crippen LogP contribution in [0, 0.1) is 11.7 Å². The first kappa shape index (κ1) is 16.9. The van der Waals surface area contributed by atoms with Crippen molar-refractivity contribution in [1.29, 1.82) is 0 Å². The topological polar surface area (TPSA) is 86.7 Å². The van der Waals surface area contributed by atoms with Crippen LogP contribution in [0.5, 0.6) is 0 Å². The number of Topliss-reactive ketones (excluding diaryl/α,β-unsaturated/α-hetero) is 2. The van der Waals surface area contributed by atoms with E-state index in [2.05, 4.69) is 5.32 Å². The molecule has 1 saturated heterocycles. The van der Waals surface area contributed by atoms with Gasteiger partial charge in [-0.3, -0.25) is 14.5 Å². The van der Waals surface area contributed by atoms with Crippen molar-refractivity contribution < 1.29 is 23.9 Å². The number of halogens is 1. The van der Waals surface area contributed by atoms with Crippen LogP contribution in [0.3, 0.4) is 0 Å². The number of rotatable bonds is 4. The van der Waals surface area contributed by atoms with Gasteiger partial charge in [0, 0.05) is 19.2 Å². The van der Waals surface area contributed by atoms with Crippen molar-refractivity contribution in [3.8, 4) is 0 Å². The fourth-order valence-corrected chi connectivity index (χ4v) is 3.09. The highest BCUT2D eigenvalue weighted by Crippen LogP contribution is 2.35. The summed E-state index contributed by atoms with van der Waals surface area (Å²) in [6.45, 7) is 2.96. The molecule has 124 valence electrons. The average Bonchev–Trinajstić information content (AvgIpc) is 2.45. The van der Waals surface area contributed by atoms with Crippen LogP contribution >= 0.6 is 0 Å². The summed E-state index contributed by atoms with van der Waals surface area (Å²) in [5, 5.41) is 12.4. The third-order valence-electron chi connectivity index (χ3n) is 4.23. The van der Waals surface area contributed by atoms with Crippen LogP contribution in [0.1, 0.15) is 26.7 Å². The van der Waals surface area contributed by atoms with Gasteiger partial charge in [0.25, 0.3) is 0 Å². The number of amides is 1. The lowest BCUT2D eigenvalue weighted by molar-refractivity contribution is -0.141. The Morgan fingerprint density at radius 2 is 2.09 bits per heavy atom. The number of nitrogens with zero attached hydrogens (tertiary/aromatic N) is 1. The van der Waals surface area contributed by atoms with Crippen molar-refractivity contribution in [2.75, 3.05) is 11.9 Å². The fourth-order valence-electron chi connectivity index (χ4n) is 3.09. The van der Waals surface area contributed by atoms with Crippen LogP contribution in [-0.2, 0) is 9.59 Å². The normalized spacial score (nSPS) is 24.1. The summed E-state index contributed by atoms with van der Waals surface area (Å²) in [7, 11) is 0. The van der Waals surface area contributed by atoms with Gasteiger partial charge in [-0.25, -0.2) is 9.18 Å². The van der Waals surface area contributed by atoms with Crippen molar-refractivity contribution >= 4 is 23.3 Å². The summed E-state index contributed by atoms with van der Waals surface area (Å²) < 4.78 is 13.4. The molecular formula is C16H19FN2O4. The summed E-state index contributed by atoms with van der Waals surface area (Å²) in [6.07, 6.45) is -0.324. The lowest BCUT2D eigenvalue weighted by Gasteiger charge is -2.48. The number of hydrogen-bond acceptors (Lipinski definition) is 4. The highest BCUT2D eigenvalue weighted by molar-refractivity contribution is 6.37. The molecule has 6 nitrogen and oxygen atoms in total. The van der Waals surface area contributed by atoms with E-state index in [0.717, 1.165) is 4.90 Å². The minimum Gasteiger partial charge on any atom is -0.465 e. The molecule has 7 heteroatoms. The van der Waals surface area contributed by atoms with Crippen molar-refractivity contribution in [3.63, 3.8) is 0 Å². The van der Waals surface area contributed by atoms with Crippen molar-refractivity contribution in [3.05, 3.63) is 30.1 Å². The predicted octanol–water partition coefficient (Wildman–Crippen LogP) is 2.50. The van der Waals surface area contributed by atoms with Gasteiger partial charge in [0.1, 0.15) is 11.5 Å². The van der Waals surface area contributed by atoms with E-state index in [9.17, 15) is 23.9 Å². The highest BCUT2D eigenvalue weighted by Gasteiger charge is 2.49. The molecule has 1 heterocycles. The number of hydrogen-bond donors (Lipinski definition) is 2. The van der Waals surface area contributed by atoms with Crippen molar-refractivity contribution in [2.24, 2.45) is 5.92 Å². The Balaban J connectivity index is 2.43. The summed E-state index contributed by atoms with van der Waals surface area (Å²) in [5.41, 5.74) is -0.970. The zero-order valence-electron chi connectivity index (χ0n) is 13.0. The lowest BCUT2D eigenvalue weighted by Crippen LogP contribution is -2.64. The minimum atomic E-state index is -1.32. The van der Waals surface area contributed by atoms with Crippen LogP contribution in [0.25, 0.3) is 0 Å². The van der Waals surface area contributed by atoms with E-state index in [1.165, 1.54) is 25.1 Å². The Morgan fingerprint density at radius 1 is 1.39 bits per heavy atom. The maximum absolute atomic E-state index is 13.4. The number of piperidine rings is 1. The Bertz CT molecular complexity index is 649. The van der Waals surface area contributed by atoms with Gasteiger partial charge in [0.2, 0.25) is 5.78 Å². The molecule has 0 saturated carbocycles. The largest absolute Gasteiger partial charge is 0.465 e. The van der Waals surface area contributed by atoms with Crippen molar-refractivity contribution in [1.82, 2.24) is 4.90 Å². The molecule has 1 aromatic rings. The zero-order chi connectivity index (χ0) is 17.2. The molecule has 1 aliphatic heterocycles. The Hall–Kier alpha value is -2.44. The van der Waals surface area contributed by atoms with Gasteiger partial charge in [0.05, 0.1) is 5.92 Å². The van der Waals surface area contributed by atoms with Crippen LogP contribution in [0.4, 0.5) is 14.9 Å². The molecule has 0 aromatic heterocycles. The van der Waals surface area contributed by atoms with Gasteiger partial charge in [-0.15, -0.1) is 0 Å². The fraction of sp³-hybridized carbons (Fsp3) is 0.438. The maximum atomic E-state index is 13.4. The molecule has 1 aromatic carbocycles. The summed E-state index contributed by atoms with van der Waals surface area (Å²) in [5.74, 6) is -2.55. The van der Waals surface area contributed by atoms with Gasteiger partial charge in [-0.1, -0.05) is 6.07 Å². The van der Waals surface area contributed by atoms with E-state index < -0.39 is 35.1 Å². The SMILES string of the molecule is CC(=O)C(=O)C1CCCN(C(=O)O)C1(C)Nc1cccc(F)c1. The number of likely N-dealkylation sites (tertiary alicyclic amines) is 1. The van der Waals surface area contributed by atoms with Crippen LogP contribution in [-0.4, -0.2) is 39.9 Å². The molecule has 23 heavy (non-hydrogen) atoms. The molecule has 0 aliphatic carbocycles. The van der Waals surface area contributed by atoms with Gasteiger partial charge in [-0.2, -0.15) is 0 Å². The van der Waals surface area contributed by atoms with Gasteiger partial charge < -0.3 is 10.4 Å². The molecular weight excluding hydrogens is 303 g/mol. The minimum absolute atomic E-state index is 0.232. The second-order valence-corrected chi connectivity index (χ2v) is 5.83. The van der Waals surface area contributed by atoms with Crippen LogP contribution in [0.2, 0.25) is 0 Å². The average molecular weight is 322 g/mol. The molecule has 1 amide bonds. The monoisotopic (exact) mass is 322 g/mol. The summed E-state index contributed by atoms with van der Waals surface area (Å²) in [4.78, 5) is 36.5. The number of benzene rings is 1. The number of carbonyl (C=O) groups excluding carboxylic acids is 2. The highest BCUT2D eigenvalue weighted by atomic mass is 19.1. The Kier molecular flexibility index (Phi) is 4.68. The smallest absolute Gasteiger partial charge is 0.409 e. The van der Waals surface area contributed by atoms with E-state index in [4.69, 9.17) is 0 Å². The molecule has 2 rings (SSSR count). The second-order valence-electron chi connectivity index (χ2n) is 5.83. The number of carboxylic acid groups (broad SMARTS) is 1. The Labute approximate surface area is 133 Å². The predicted molar refractivity (Wildman–Crippen MR) is 81.6 cm³/mol. The Morgan fingerprint density at radius 3 is 2.65 bits per heavy atom. The zero-order valence-corrected chi connectivity index (χ0v) is 13.0. The quantitative estimate of drug-likeness (QED) is 0.832. The third kappa shape index (κ3) is 3.33. The first-order chi connectivity index (χ1) is 10.8. The molecule has 1 aliphatic rings. The summed E-state index contributed by atoms with van der Waals surface area (Å²) in [6, 6.07) is 5.55. The van der Waals surface area contributed by atoms with Gasteiger partial charge >= 0.3 is 6.09 Å². The standard InChI is InChI=1S/C16H19FN2O4/c1-10(20)14(21)13-7-4-8-19(15(22)23)16(13,2)18-12-6-3-5-11(17)9-12/h3,5-6,9,13,18H,4,7-8H2,1-2H3,(H,22,23). The van der Waals surface area contributed by atoms with E-state index in [1.807, 2.05) is 0 Å². The second kappa shape index (κ2) is 6.36. The van der Waals surface area contributed by atoms with E-state index in [-0.39, 0.29) is 6.54 Å². The molecule has 0 spiro atoms. The molecule has 2 N–H and O–H groups in total. The van der Waals surface area contributed by atoms with Gasteiger partial charge in [0.15, 0.2) is 5.78 Å². The number of ketones is 2. The van der Waals surface area contributed by atoms with Crippen molar-refractivity contribution in [2.45, 2.75) is 32.4 Å². The first-order valence-electron chi connectivity index (χ1n) is 7.35. The van der Waals surface area contributed by atoms with Crippen LogP contribution in [0.15, 0.2) is 24.3 Å². The van der Waals surface area contributed by atoms with Crippen LogP contribution < -0.4 is 5.32 Å².